The predicted molar refractivity (Wildman–Crippen MR) is 66.7 cm³/mol. The van der Waals surface area contributed by atoms with Gasteiger partial charge in [0.05, 0.1) is 18.6 Å². The molecule has 0 aliphatic heterocycles. The van der Waals surface area contributed by atoms with Crippen molar-refractivity contribution < 1.29 is 19.4 Å². The molecule has 4 heteroatoms. The summed E-state index contributed by atoms with van der Waals surface area (Å²) < 4.78 is 10.3. The number of aliphatic hydroxyl groups excluding tert-OH is 1. The Kier molecular flexibility index (Phi) is 9.77. The fraction of sp³-hybridized carbons (Fsp3) is 0.769. The SMILES string of the molecule is C=CC[C@@H](C(=O)OCCOCCCC)[C@H](C)O. The number of carbonyl (C=O) groups is 1. The number of esters is 1. The van der Waals surface area contributed by atoms with Crippen molar-refractivity contribution in [1.29, 1.82) is 0 Å². The number of aliphatic hydroxyl groups is 1. The van der Waals surface area contributed by atoms with Crippen LogP contribution in [0.5, 0.6) is 0 Å². The lowest BCUT2D eigenvalue weighted by molar-refractivity contribution is -0.153. The summed E-state index contributed by atoms with van der Waals surface area (Å²) in [5.74, 6) is -0.915. The number of rotatable bonds is 10. The van der Waals surface area contributed by atoms with E-state index in [0.29, 0.717) is 19.6 Å². The number of allylic oxidation sites excluding steroid dienone is 1. The zero-order valence-electron chi connectivity index (χ0n) is 10.9. The van der Waals surface area contributed by atoms with Crippen molar-refractivity contribution in [1.82, 2.24) is 0 Å². The van der Waals surface area contributed by atoms with Gasteiger partial charge >= 0.3 is 5.97 Å². The summed E-state index contributed by atoms with van der Waals surface area (Å²) in [6.07, 6.45) is 3.41. The lowest BCUT2D eigenvalue weighted by Crippen LogP contribution is -2.28. The Morgan fingerprint density at radius 2 is 2.12 bits per heavy atom. The quantitative estimate of drug-likeness (QED) is 0.362. The standard InChI is InChI=1S/C13H24O4/c1-4-6-8-16-9-10-17-13(15)12(7-5-2)11(3)14/h5,11-12,14H,2,4,6-10H2,1,3H3/t11-,12+/m0/s1. The molecule has 0 radical (unpaired) electrons. The molecule has 0 saturated heterocycles. The van der Waals surface area contributed by atoms with Crippen molar-refractivity contribution in [3.05, 3.63) is 12.7 Å². The number of ether oxygens (including phenoxy) is 2. The summed E-state index contributed by atoms with van der Waals surface area (Å²) in [7, 11) is 0. The normalized spacial score (nSPS) is 14.1. The Labute approximate surface area is 104 Å². The topological polar surface area (TPSA) is 55.8 Å². The van der Waals surface area contributed by atoms with Crippen molar-refractivity contribution in [2.24, 2.45) is 5.92 Å². The third-order valence-corrected chi connectivity index (χ3v) is 2.42. The van der Waals surface area contributed by atoms with E-state index in [1.54, 1.807) is 13.0 Å². The predicted octanol–water partition coefficient (Wildman–Crippen LogP) is 1.92. The molecule has 0 spiro atoms. The lowest BCUT2D eigenvalue weighted by atomic mass is 10.0. The van der Waals surface area contributed by atoms with Gasteiger partial charge in [0.2, 0.25) is 0 Å². The van der Waals surface area contributed by atoms with Crippen LogP contribution in [0.1, 0.15) is 33.1 Å². The Balaban J connectivity index is 3.71. The molecular formula is C13H24O4. The molecule has 0 aromatic carbocycles. The van der Waals surface area contributed by atoms with Gasteiger partial charge in [-0.05, 0) is 19.8 Å². The summed E-state index contributed by atoms with van der Waals surface area (Å²) in [5, 5.41) is 9.41. The van der Waals surface area contributed by atoms with E-state index >= 15 is 0 Å². The van der Waals surface area contributed by atoms with Gasteiger partial charge in [-0.3, -0.25) is 4.79 Å². The Morgan fingerprint density at radius 3 is 2.65 bits per heavy atom. The first-order valence-electron chi connectivity index (χ1n) is 6.16. The van der Waals surface area contributed by atoms with Gasteiger partial charge in [-0.15, -0.1) is 6.58 Å². The van der Waals surface area contributed by atoms with Crippen LogP contribution < -0.4 is 0 Å². The molecule has 0 bridgehead atoms. The van der Waals surface area contributed by atoms with Crippen LogP contribution in [0.4, 0.5) is 0 Å². The van der Waals surface area contributed by atoms with Crippen LogP contribution in [-0.2, 0) is 14.3 Å². The van der Waals surface area contributed by atoms with Gasteiger partial charge in [0.25, 0.3) is 0 Å². The number of unbranched alkanes of at least 4 members (excludes halogenated alkanes) is 1. The highest BCUT2D eigenvalue weighted by Gasteiger charge is 2.23. The first-order chi connectivity index (χ1) is 8.13. The largest absolute Gasteiger partial charge is 0.463 e. The molecule has 0 saturated carbocycles. The van der Waals surface area contributed by atoms with E-state index in [1.165, 1.54) is 0 Å². The molecule has 17 heavy (non-hydrogen) atoms. The first kappa shape index (κ1) is 16.1. The van der Waals surface area contributed by atoms with Crippen LogP contribution in [-0.4, -0.2) is 37.0 Å². The smallest absolute Gasteiger partial charge is 0.311 e. The van der Waals surface area contributed by atoms with Crippen LogP contribution in [0.3, 0.4) is 0 Å². The second-order valence-electron chi connectivity index (χ2n) is 4.00. The van der Waals surface area contributed by atoms with Gasteiger partial charge in [-0.25, -0.2) is 0 Å². The van der Waals surface area contributed by atoms with Gasteiger partial charge in [-0.2, -0.15) is 0 Å². The summed E-state index contributed by atoms with van der Waals surface area (Å²) in [6, 6.07) is 0. The third-order valence-electron chi connectivity index (χ3n) is 2.42. The Bertz CT molecular complexity index is 213. The van der Waals surface area contributed by atoms with Crippen molar-refractivity contribution in [3.8, 4) is 0 Å². The van der Waals surface area contributed by atoms with E-state index in [4.69, 9.17) is 9.47 Å². The van der Waals surface area contributed by atoms with Crippen molar-refractivity contribution >= 4 is 5.97 Å². The molecule has 0 aliphatic rings. The fourth-order valence-electron chi connectivity index (χ4n) is 1.33. The highest BCUT2D eigenvalue weighted by Crippen LogP contribution is 2.11. The minimum absolute atomic E-state index is 0.239. The average molecular weight is 244 g/mol. The summed E-state index contributed by atoms with van der Waals surface area (Å²) in [6.45, 7) is 8.56. The second-order valence-corrected chi connectivity index (χ2v) is 4.00. The minimum Gasteiger partial charge on any atom is -0.463 e. The van der Waals surface area contributed by atoms with Crippen LogP contribution in [0.25, 0.3) is 0 Å². The third kappa shape index (κ3) is 7.94. The van der Waals surface area contributed by atoms with Crippen molar-refractivity contribution in [2.45, 2.75) is 39.2 Å². The Hall–Kier alpha value is -0.870. The highest BCUT2D eigenvalue weighted by atomic mass is 16.6. The fourth-order valence-corrected chi connectivity index (χ4v) is 1.33. The molecule has 0 rings (SSSR count). The van der Waals surface area contributed by atoms with Crippen LogP contribution in [0.15, 0.2) is 12.7 Å². The van der Waals surface area contributed by atoms with E-state index in [1.807, 2.05) is 0 Å². The maximum atomic E-state index is 11.6. The summed E-state index contributed by atoms with van der Waals surface area (Å²) >= 11 is 0. The maximum absolute atomic E-state index is 11.6. The van der Waals surface area contributed by atoms with Crippen LogP contribution in [0.2, 0.25) is 0 Å². The summed E-state index contributed by atoms with van der Waals surface area (Å²) in [4.78, 5) is 11.6. The van der Waals surface area contributed by atoms with E-state index in [9.17, 15) is 9.90 Å². The zero-order chi connectivity index (χ0) is 13.1. The van der Waals surface area contributed by atoms with Gasteiger partial charge in [0.1, 0.15) is 6.61 Å². The zero-order valence-corrected chi connectivity index (χ0v) is 10.9. The molecule has 0 aliphatic carbocycles. The van der Waals surface area contributed by atoms with Gasteiger partial charge in [-0.1, -0.05) is 19.4 Å². The highest BCUT2D eigenvalue weighted by molar-refractivity contribution is 5.73. The minimum atomic E-state index is -0.721. The van der Waals surface area contributed by atoms with Gasteiger partial charge in [0.15, 0.2) is 0 Å². The second kappa shape index (κ2) is 10.3. The van der Waals surface area contributed by atoms with Gasteiger partial charge < -0.3 is 14.6 Å². The molecule has 0 amide bonds. The number of hydrogen-bond acceptors (Lipinski definition) is 4. The van der Waals surface area contributed by atoms with Gasteiger partial charge in [0, 0.05) is 6.61 Å². The van der Waals surface area contributed by atoms with Crippen LogP contribution >= 0.6 is 0 Å². The van der Waals surface area contributed by atoms with Crippen molar-refractivity contribution in [3.63, 3.8) is 0 Å². The summed E-state index contributed by atoms with van der Waals surface area (Å²) in [5.41, 5.74) is 0. The molecular weight excluding hydrogens is 220 g/mol. The molecule has 0 heterocycles. The van der Waals surface area contributed by atoms with E-state index in [0.717, 1.165) is 12.8 Å². The average Bonchev–Trinajstić information content (AvgIpc) is 2.29. The van der Waals surface area contributed by atoms with E-state index in [2.05, 4.69) is 13.5 Å². The molecule has 100 valence electrons. The molecule has 1 N–H and O–H groups in total. The molecule has 0 unspecified atom stereocenters. The Morgan fingerprint density at radius 1 is 1.41 bits per heavy atom. The van der Waals surface area contributed by atoms with E-state index < -0.39 is 12.0 Å². The molecule has 0 fully saturated rings. The first-order valence-corrected chi connectivity index (χ1v) is 6.16. The molecule has 2 atom stereocenters. The monoisotopic (exact) mass is 244 g/mol. The van der Waals surface area contributed by atoms with Crippen molar-refractivity contribution in [2.75, 3.05) is 19.8 Å². The molecule has 4 nitrogen and oxygen atoms in total. The maximum Gasteiger partial charge on any atom is 0.311 e. The lowest BCUT2D eigenvalue weighted by Gasteiger charge is -2.16. The number of hydrogen-bond donors (Lipinski definition) is 1. The molecule has 0 aromatic rings. The molecule has 0 aromatic heterocycles. The van der Waals surface area contributed by atoms with Crippen LogP contribution in [0, 0.1) is 5.92 Å². The van der Waals surface area contributed by atoms with E-state index in [-0.39, 0.29) is 12.6 Å². The number of carbonyl (C=O) groups excluding carboxylic acids is 1.